The van der Waals surface area contributed by atoms with Crippen LogP contribution in [0.15, 0.2) is 96.4 Å². The minimum Gasteiger partial charge on any atom is -0.490 e. The second-order valence-electron chi connectivity index (χ2n) is 9.41. The van der Waals surface area contributed by atoms with E-state index < -0.39 is 17.7 Å². The molecule has 0 aromatic heterocycles. The zero-order valence-electron chi connectivity index (χ0n) is 22.5. The molecule has 41 heavy (non-hydrogen) atoms. The fraction of sp³-hybridized carbons (Fsp3) is 0.152. The Morgan fingerprint density at radius 2 is 1.78 bits per heavy atom. The molecule has 8 heteroatoms. The Balaban J connectivity index is 1.45. The number of fused-ring (bicyclic) bond motifs is 1. The van der Waals surface area contributed by atoms with Crippen LogP contribution in [0.5, 0.6) is 23.0 Å². The Hall–Kier alpha value is -5.29. The number of benzene rings is 4. The average molecular weight is 551 g/mol. The summed E-state index contributed by atoms with van der Waals surface area (Å²) in [7, 11) is 0. The van der Waals surface area contributed by atoms with Gasteiger partial charge in [-0.1, -0.05) is 54.1 Å². The van der Waals surface area contributed by atoms with Crippen molar-refractivity contribution in [3.05, 3.63) is 130 Å². The Bertz CT molecular complexity index is 1670. The normalized spacial score (nSPS) is 14.0. The van der Waals surface area contributed by atoms with Crippen LogP contribution in [0.25, 0.3) is 0 Å². The van der Waals surface area contributed by atoms with Gasteiger partial charge in [-0.3, -0.25) is 0 Å². The van der Waals surface area contributed by atoms with Gasteiger partial charge in [-0.15, -0.1) is 0 Å². The van der Waals surface area contributed by atoms with Gasteiger partial charge in [-0.05, 0) is 55.3 Å². The number of carbonyl (C=O) groups is 1. The molecule has 4 aromatic carbocycles. The van der Waals surface area contributed by atoms with Crippen molar-refractivity contribution in [2.24, 2.45) is 5.73 Å². The van der Waals surface area contributed by atoms with E-state index in [0.717, 1.165) is 11.1 Å². The van der Waals surface area contributed by atoms with E-state index in [1.165, 1.54) is 29.8 Å². The van der Waals surface area contributed by atoms with E-state index in [2.05, 4.69) is 6.07 Å². The molecular formula is C33H27FN2O5. The van der Waals surface area contributed by atoms with Gasteiger partial charge in [0.05, 0.1) is 18.1 Å². The highest BCUT2D eigenvalue weighted by Gasteiger charge is 2.32. The molecule has 1 atom stereocenters. The van der Waals surface area contributed by atoms with E-state index in [1.54, 1.807) is 24.3 Å². The molecule has 0 aliphatic carbocycles. The molecule has 0 saturated carbocycles. The summed E-state index contributed by atoms with van der Waals surface area (Å²) < 4.78 is 37.2. The summed E-state index contributed by atoms with van der Waals surface area (Å²) in [6.07, 6.45) is 0. The van der Waals surface area contributed by atoms with Gasteiger partial charge < -0.3 is 24.7 Å². The van der Waals surface area contributed by atoms with Crippen LogP contribution in [0.3, 0.4) is 0 Å². The molecule has 0 fully saturated rings. The minimum absolute atomic E-state index is 0.0692. The smallest absolute Gasteiger partial charge is 0.346 e. The predicted octanol–water partition coefficient (Wildman–Crippen LogP) is 6.55. The first kappa shape index (κ1) is 27.3. The van der Waals surface area contributed by atoms with Crippen molar-refractivity contribution in [1.29, 1.82) is 5.26 Å². The van der Waals surface area contributed by atoms with Crippen LogP contribution in [0.2, 0.25) is 0 Å². The highest BCUT2D eigenvalue weighted by molar-refractivity contribution is 5.91. The number of carbonyl (C=O) groups excluding carboxylic acids is 1. The van der Waals surface area contributed by atoms with Gasteiger partial charge in [0.2, 0.25) is 5.88 Å². The topological polar surface area (TPSA) is 104 Å². The number of ether oxygens (including phenoxy) is 4. The molecule has 4 aromatic rings. The summed E-state index contributed by atoms with van der Waals surface area (Å²) in [5.41, 5.74) is 9.76. The van der Waals surface area contributed by atoms with Gasteiger partial charge in [0, 0.05) is 11.6 Å². The van der Waals surface area contributed by atoms with Crippen molar-refractivity contribution in [3.63, 3.8) is 0 Å². The third-order valence-corrected chi connectivity index (χ3v) is 6.61. The van der Waals surface area contributed by atoms with Crippen LogP contribution < -0.4 is 24.7 Å². The highest BCUT2D eigenvalue weighted by atomic mass is 19.1. The van der Waals surface area contributed by atoms with Gasteiger partial charge >= 0.3 is 5.97 Å². The molecule has 1 heterocycles. The molecule has 1 aliphatic rings. The number of nitrogens with zero attached hydrogens (tertiary/aromatic N) is 1. The maximum Gasteiger partial charge on any atom is 0.346 e. The zero-order chi connectivity index (χ0) is 28.9. The number of nitriles is 1. The summed E-state index contributed by atoms with van der Waals surface area (Å²) >= 11 is 0. The van der Waals surface area contributed by atoms with Crippen molar-refractivity contribution >= 4 is 5.97 Å². The lowest BCUT2D eigenvalue weighted by molar-refractivity contribution is 0.0729. The van der Waals surface area contributed by atoms with Crippen LogP contribution in [-0.2, 0) is 6.61 Å². The Morgan fingerprint density at radius 3 is 2.51 bits per heavy atom. The molecule has 0 radical (unpaired) electrons. The maximum absolute atomic E-state index is 14.1. The second-order valence-corrected chi connectivity index (χ2v) is 9.41. The van der Waals surface area contributed by atoms with Crippen molar-refractivity contribution in [1.82, 2.24) is 0 Å². The van der Waals surface area contributed by atoms with Crippen LogP contribution in [0.4, 0.5) is 4.39 Å². The lowest BCUT2D eigenvalue weighted by atomic mass is 9.83. The van der Waals surface area contributed by atoms with E-state index >= 15 is 0 Å². The number of allylic oxidation sites excluding steroid dienone is 1. The summed E-state index contributed by atoms with van der Waals surface area (Å²) in [5.74, 6) is -0.647. The molecule has 0 bridgehead atoms. The largest absolute Gasteiger partial charge is 0.490 e. The first-order valence-electron chi connectivity index (χ1n) is 13.0. The number of esters is 1. The van der Waals surface area contributed by atoms with Crippen LogP contribution in [-0.4, -0.2) is 12.6 Å². The third kappa shape index (κ3) is 5.85. The standard InChI is InChI=1S/C33H27FN2O5/c1-3-38-30-16-22(12-15-28(30)39-19-21-10-8-20(2)9-11-21)31-25-14-13-23(17-29(25)41-32(36)26(31)18-35)40-33(37)24-6-4-5-7-27(24)34/h4-17,31H,3,19,36H2,1-2H3. The minimum atomic E-state index is -0.848. The third-order valence-electron chi connectivity index (χ3n) is 6.61. The van der Waals surface area contributed by atoms with Gasteiger partial charge in [-0.25, -0.2) is 9.18 Å². The van der Waals surface area contributed by atoms with Crippen LogP contribution in [0, 0.1) is 24.1 Å². The predicted molar refractivity (Wildman–Crippen MR) is 150 cm³/mol. The molecule has 206 valence electrons. The van der Waals surface area contributed by atoms with Crippen LogP contribution in [0.1, 0.15) is 45.5 Å². The van der Waals surface area contributed by atoms with E-state index in [0.29, 0.717) is 36.0 Å². The van der Waals surface area contributed by atoms with Crippen molar-refractivity contribution < 1.29 is 28.1 Å². The number of aryl methyl sites for hydroxylation is 1. The Morgan fingerprint density at radius 1 is 1.00 bits per heavy atom. The maximum atomic E-state index is 14.1. The average Bonchev–Trinajstić information content (AvgIpc) is 2.97. The van der Waals surface area contributed by atoms with Gasteiger partial charge in [0.1, 0.15) is 35.6 Å². The van der Waals surface area contributed by atoms with E-state index in [4.69, 9.17) is 24.7 Å². The molecule has 7 nitrogen and oxygen atoms in total. The van der Waals surface area contributed by atoms with Gasteiger partial charge in [-0.2, -0.15) is 5.26 Å². The van der Waals surface area contributed by atoms with E-state index in [9.17, 15) is 14.4 Å². The highest BCUT2D eigenvalue weighted by Crippen LogP contribution is 2.45. The zero-order valence-corrected chi connectivity index (χ0v) is 22.5. The fourth-order valence-electron chi connectivity index (χ4n) is 4.57. The van der Waals surface area contributed by atoms with Crippen molar-refractivity contribution in [2.45, 2.75) is 26.4 Å². The number of hydrogen-bond donors (Lipinski definition) is 1. The first-order valence-corrected chi connectivity index (χ1v) is 13.0. The monoisotopic (exact) mass is 550 g/mol. The molecule has 1 unspecified atom stereocenters. The molecule has 2 N–H and O–H groups in total. The lowest BCUT2D eigenvalue weighted by Crippen LogP contribution is -2.21. The number of rotatable bonds is 8. The van der Waals surface area contributed by atoms with Crippen molar-refractivity contribution in [3.8, 4) is 29.1 Å². The Labute approximate surface area is 237 Å². The fourth-order valence-corrected chi connectivity index (χ4v) is 4.57. The van der Waals surface area contributed by atoms with Crippen molar-refractivity contribution in [2.75, 3.05) is 6.61 Å². The molecule has 0 amide bonds. The summed E-state index contributed by atoms with van der Waals surface area (Å²) in [4.78, 5) is 12.5. The molecule has 5 rings (SSSR count). The quantitative estimate of drug-likeness (QED) is 0.196. The molecule has 0 spiro atoms. The Kier molecular flexibility index (Phi) is 7.88. The van der Waals surface area contributed by atoms with Gasteiger partial charge in [0.25, 0.3) is 0 Å². The SMILES string of the molecule is CCOc1cc(C2C(C#N)=C(N)Oc3cc(OC(=O)c4ccccc4F)ccc32)ccc1OCc1ccc(C)cc1. The van der Waals surface area contributed by atoms with E-state index in [-0.39, 0.29) is 22.8 Å². The number of halogens is 1. The number of hydrogen-bond acceptors (Lipinski definition) is 7. The molecular weight excluding hydrogens is 523 g/mol. The summed E-state index contributed by atoms with van der Waals surface area (Å²) in [6, 6.07) is 26.0. The number of nitrogens with two attached hydrogens (primary N) is 1. The first-order chi connectivity index (χ1) is 19.9. The second kappa shape index (κ2) is 11.8. The van der Waals surface area contributed by atoms with E-state index in [1.807, 2.05) is 50.2 Å². The lowest BCUT2D eigenvalue weighted by Gasteiger charge is -2.27. The molecule has 1 aliphatic heterocycles. The van der Waals surface area contributed by atoms with Gasteiger partial charge in [0.15, 0.2) is 11.5 Å². The molecule has 0 saturated heterocycles. The summed E-state index contributed by atoms with van der Waals surface area (Å²) in [6.45, 7) is 4.68. The summed E-state index contributed by atoms with van der Waals surface area (Å²) in [5, 5.41) is 9.97. The van der Waals surface area contributed by atoms with Crippen LogP contribution >= 0.6 is 0 Å².